The number of hydrogen-bond donors (Lipinski definition) is 0. The molecule has 1 aliphatic heterocycles. The van der Waals surface area contributed by atoms with Crippen molar-refractivity contribution in [2.75, 3.05) is 0 Å². The molecule has 0 atom stereocenters. The minimum absolute atomic E-state index is 0.0671. The van der Waals surface area contributed by atoms with Gasteiger partial charge in [0.15, 0.2) is 0 Å². The van der Waals surface area contributed by atoms with Crippen molar-refractivity contribution < 1.29 is 9.53 Å². The fraction of sp³-hybridized carbons (Fsp3) is 0.182. The molecule has 3 heterocycles. The molecule has 1 aromatic carbocycles. The van der Waals surface area contributed by atoms with E-state index in [1.54, 1.807) is 29.3 Å². The number of hydrogen-bond acceptors (Lipinski definition) is 6. The second-order valence-electron chi connectivity index (χ2n) is 7.13. The molecule has 152 valence electrons. The van der Waals surface area contributed by atoms with Gasteiger partial charge < -0.3 is 4.74 Å². The van der Waals surface area contributed by atoms with Gasteiger partial charge in [-0.05, 0) is 51.1 Å². The number of amides is 1. The molecule has 0 radical (unpaired) electrons. The van der Waals surface area contributed by atoms with Gasteiger partial charge in [-0.2, -0.15) is 4.98 Å². The van der Waals surface area contributed by atoms with Gasteiger partial charge in [0.25, 0.3) is 11.5 Å². The monoisotopic (exact) mass is 437 g/mol. The molecule has 1 fully saturated rings. The Balaban J connectivity index is 1.86. The third-order valence-corrected chi connectivity index (χ3v) is 5.92. The number of carbonyl (C=O) groups excluding carboxylic acids is 1. The lowest BCUT2D eigenvalue weighted by atomic mass is 10.2. The Hall–Kier alpha value is -2.97. The van der Waals surface area contributed by atoms with E-state index in [1.807, 2.05) is 45.0 Å². The summed E-state index contributed by atoms with van der Waals surface area (Å²) < 4.78 is 7.86. The van der Waals surface area contributed by atoms with E-state index in [4.69, 9.17) is 17.0 Å². The summed E-state index contributed by atoms with van der Waals surface area (Å²) in [6, 6.07) is 12.7. The summed E-state index contributed by atoms with van der Waals surface area (Å²) in [5, 5.41) is 0. The summed E-state index contributed by atoms with van der Waals surface area (Å²) in [7, 11) is 0. The zero-order valence-electron chi connectivity index (χ0n) is 16.7. The zero-order valence-corrected chi connectivity index (χ0v) is 18.3. The van der Waals surface area contributed by atoms with Gasteiger partial charge in [-0.15, -0.1) is 0 Å². The molecule has 30 heavy (non-hydrogen) atoms. The van der Waals surface area contributed by atoms with E-state index in [2.05, 4.69) is 4.98 Å². The molecule has 3 aromatic rings. The molecule has 8 heteroatoms. The van der Waals surface area contributed by atoms with Gasteiger partial charge in [0.1, 0.15) is 21.3 Å². The van der Waals surface area contributed by atoms with Crippen LogP contribution in [0.1, 0.15) is 25.0 Å². The highest BCUT2D eigenvalue weighted by molar-refractivity contribution is 8.26. The van der Waals surface area contributed by atoms with Gasteiger partial charge >= 0.3 is 0 Å². The molecule has 0 aliphatic carbocycles. The van der Waals surface area contributed by atoms with E-state index in [9.17, 15) is 9.59 Å². The predicted molar refractivity (Wildman–Crippen MR) is 123 cm³/mol. The highest BCUT2D eigenvalue weighted by Gasteiger charge is 2.34. The smallest absolute Gasteiger partial charge is 0.269 e. The third-order valence-electron chi connectivity index (χ3n) is 4.58. The quantitative estimate of drug-likeness (QED) is 0.445. The van der Waals surface area contributed by atoms with Gasteiger partial charge in [0.05, 0.1) is 4.91 Å². The molecule has 1 amide bonds. The number of pyridine rings is 1. The average Bonchev–Trinajstić information content (AvgIpc) is 3.00. The number of thioether (sulfide) groups is 1. The van der Waals surface area contributed by atoms with Crippen LogP contribution in [-0.4, -0.2) is 30.6 Å². The van der Waals surface area contributed by atoms with E-state index in [0.29, 0.717) is 20.6 Å². The first-order valence-corrected chi connectivity index (χ1v) is 10.6. The molecule has 0 saturated carbocycles. The molecule has 1 aliphatic rings. The SMILES string of the molecule is Cc1ccc(Oc2nc3ccccn3c(=O)c2/C=C2\SC(=S)N(C(C)C)C2=O)cc1. The third kappa shape index (κ3) is 3.76. The van der Waals surface area contributed by atoms with Crippen molar-refractivity contribution in [2.45, 2.75) is 26.8 Å². The first kappa shape index (κ1) is 20.3. The van der Waals surface area contributed by atoms with Gasteiger partial charge in [0.2, 0.25) is 5.88 Å². The van der Waals surface area contributed by atoms with Crippen LogP contribution >= 0.6 is 24.0 Å². The lowest BCUT2D eigenvalue weighted by molar-refractivity contribution is -0.123. The molecular weight excluding hydrogens is 418 g/mol. The van der Waals surface area contributed by atoms with E-state index < -0.39 is 0 Å². The summed E-state index contributed by atoms with van der Waals surface area (Å²) in [5.41, 5.74) is 1.42. The van der Waals surface area contributed by atoms with Gasteiger partial charge in [-0.25, -0.2) is 0 Å². The maximum absolute atomic E-state index is 13.2. The van der Waals surface area contributed by atoms with Crippen LogP contribution in [0.25, 0.3) is 11.7 Å². The Kier molecular flexibility index (Phi) is 5.44. The van der Waals surface area contributed by atoms with E-state index >= 15 is 0 Å². The fourth-order valence-electron chi connectivity index (χ4n) is 3.06. The number of ether oxygens (including phenoxy) is 1. The van der Waals surface area contributed by atoms with Crippen LogP contribution in [0.5, 0.6) is 11.6 Å². The first-order chi connectivity index (χ1) is 14.3. The van der Waals surface area contributed by atoms with Crippen molar-refractivity contribution in [3.8, 4) is 11.6 Å². The number of aromatic nitrogens is 2. The maximum Gasteiger partial charge on any atom is 0.269 e. The van der Waals surface area contributed by atoms with Crippen LogP contribution in [0.4, 0.5) is 0 Å². The number of aryl methyl sites for hydroxylation is 1. The lowest BCUT2D eigenvalue weighted by Crippen LogP contribution is -2.34. The fourth-order valence-corrected chi connectivity index (χ4v) is 4.56. The topological polar surface area (TPSA) is 63.9 Å². The van der Waals surface area contributed by atoms with Gasteiger partial charge in [-0.3, -0.25) is 18.9 Å². The van der Waals surface area contributed by atoms with Gasteiger partial charge in [-0.1, -0.05) is 47.7 Å². The van der Waals surface area contributed by atoms with Crippen molar-refractivity contribution in [3.63, 3.8) is 0 Å². The number of fused-ring (bicyclic) bond motifs is 1. The Bertz CT molecular complexity index is 1250. The first-order valence-electron chi connectivity index (χ1n) is 9.38. The zero-order chi connectivity index (χ0) is 21.4. The Morgan fingerprint density at radius 3 is 2.53 bits per heavy atom. The van der Waals surface area contributed by atoms with Crippen molar-refractivity contribution in [1.29, 1.82) is 0 Å². The van der Waals surface area contributed by atoms with Gasteiger partial charge in [0, 0.05) is 12.2 Å². The van der Waals surface area contributed by atoms with Crippen molar-refractivity contribution in [2.24, 2.45) is 0 Å². The van der Waals surface area contributed by atoms with Crippen molar-refractivity contribution in [1.82, 2.24) is 14.3 Å². The number of carbonyl (C=O) groups is 1. The summed E-state index contributed by atoms with van der Waals surface area (Å²) in [4.78, 5) is 32.5. The standard InChI is InChI=1S/C22H19N3O3S2/c1-13(2)25-21(27)17(30-22(25)29)12-16-19(28-15-9-7-14(3)8-10-15)23-18-6-4-5-11-24(18)20(16)26/h4-13H,1-3H3/b17-12-. The van der Waals surface area contributed by atoms with E-state index in [-0.39, 0.29) is 29.0 Å². The number of benzene rings is 1. The predicted octanol–water partition coefficient (Wildman–Crippen LogP) is 4.40. The van der Waals surface area contributed by atoms with Crippen LogP contribution in [0.15, 0.2) is 58.4 Å². The highest BCUT2D eigenvalue weighted by atomic mass is 32.2. The maximum atomic E-state index is 13.2. The second-order valence-corrected chi connectivity index (χ2v) is 8.80. The molecule has 1 saturated heterocycles. The molecule has 0 bridgehead atoms. The average molecular weight is 438 g/mol. The molecule has 0 unspecified atom stereocenters. The molecule has 2 aromatic heterocycles. The summed E-state index contributed by atoms with van der Waals surface area (Å²) in [6.45, 7) is 5.77. The summed E-state index contributed by atoms with van der Waals surface area (Å²) in [5.74, 6) is 0.473. The Labute approximate surface area is 183 Å². The van der Waals surface area contributed by atoms with E-state index in [0.717, 1.165) is 5.56 Å². The lowest BCUT2D eigenvalue weighted by Gasteiger charge is -2.18. The van der Waals surface area contributed by atoms with Crippen molar-refractivity contribution in [3.05, 3.63) is 75.0 Å². The summed E-state index contributed by atoms with van der Waals surface area (Å²) in [6.07, 6.45) is 3.16. The second kappa shape index (κ2) is 8.04. The molecule has 6 nitrogen and oxygen atoms in total. The summed E-state index contributed by atoms with van der Waals surface area (Å²) >= 11 is 6.52. The van der Waals surface area contributed by atoms with Crippen molar-refractivity contribution >= 4 is 45.9 Å². The molecule has 4 rings (SSSR count). The van der Waals surface area contributed by atoms with Crippen LogP contribution in [0.2, 0.25) is 0 Å². The number of nitrogens with zero attached hydrogens (tertiary/aromatic N) is 3. The van der Waals surface area contributed by atoms with Crippen LogP contribution < -0.4 is 10.3 Å². The Morgan fingerprint density at radius 1 is 1.13 bits per heavy atom. The Morgan fingerprint density at radius 2 is 1.87 bits per heavy atom. The molecular formula is C22H19N3O3S2. The highest BCUT2D eigenvalue weighted by Crippen LogP contribution is 2.35. The minimum atomic E-state index is -0.322. The normalized spacial score (nSPS) is 15.6. The number of thiocarbonyl (C=S) groups is 1. The largest absolute Gasteiger partial charge is 0.438 e. The molecule has 0 N–H and O–H groups in total. The van der Waals surface area contributed by atoms with E-state index in [1.165, 1.54) is 22.2 Å². The minimum Gasteiger partial charge on any atom is -0.438 e. The van der Waals surface area contributed by atoms with Crippen LogP contribution in [-0.2, 0) is 4.79 Å². The number of rotatable bonds is 4. The van der Waals surface area contributed by atoms with Crippen LogP contribution in [0, 0.1) is 6.92 Å². The van der Waals surface area contributed by atoms with Crippen LogP contribution in [0.3, 0.4) is 0 Å². The molecule has 0 spiro atoms.